The number of nitrogens with one attached hydrogen (secondary N) is 1. The van der Waals surface area contributed by atoms with E-state index < -0.39 is 14.9 Å². The third kappa shape index (κ3) is 3.22. The molecule has 0 unspecified atom stereocenters. The summed E-state index contributed by atoms with van der Waals surface area (Å²) in [5, 5.41) is 13.9. The molecule has 0 bridgehead atoms. The van der Waals surface area contributed by atoms with Crippen LogP contribution in [-0.4, -0.2) is 37.3 Å². The lowest BCUT2D eigenvalue weighted by atomic mass is 10.2. The van der Waals surface area contributed by atoms with Gasteiger partial charge in [-0.05, 0) is 25.0 Å². The number of hydrogen-bond acceptors (Lipinski definition) is 5. The fourth-order valence-corrected chi connectivity index (χ4v) is 3.77. The fourth-order valence-electron chi connectivity index (χ4n) is 2.23. The predicted octanol–water partition coefficient (Wildman–Crippen LogP) is 1.98. The minimum absolute atomic E-state index is 0.0414. The number of nitro groups is 1. The van der Waals surface area contributed by atoms with Crippen molar-refractivity contribution >= 4 is 21.4 Å². The Hall–Kier alpha value is -1.93. The number of anilines is 1. The van der Waals surface area contributed by atoms with Crippen LogP contribution in [-0.2, 0) is 10.0 Å². The molecule has 1 fully saturated rings. The molecule has 0 saturated carbocycles. The van der Waals surface area contributed by atoms with Crippen LogP contribution in [0, 0.1) is 10.1 Å². The first-order valence-electron chi connectivity index (χ1n) is 6.60. The van der Waals surface area contributed by atoms with Gasteiger partial charge in [-0.1, -0.05) is 6.08 Å². The van der Waals surface area contributed by atoms with E-state index in [1.54, 1.807) is 6.08 Å². The molecule has 1 heterocycles. The molecule has 0 aliphatic carbocycles. The van der Waals surface area contributed by atoms with Gasteiger partial charge in [-0.2, -0.15) is 4.31 Å². The first-order chi connectivity index (χ1) is 9.96. The standard InChI is InChI=1S/C13H17N3O4S/c1-2-7-14-12-6-5-11(10-13(12)16(17)18)21(19,20)15-8-3-4-9-15/h2,5-6,10,14H,1,3-4,7-9H2. The average Bonchev–Trinajstić information content (AvgIpc) is 2.99. The quantitative estimate of drug-likeness (QED) is 0.492. The number of hydrogen-bond donors (Lipinski definition) is 1. The number of nitrogens with zero attached hydrogens (tertiary/aromatic N) is 2. The van der Waals surface area contributed by atoms with Gasteiger partial charge in [0, 0.05) is 25.7 Å². The molecule has 114 valence electrons. The molecule has 1 aliphatic heterocycles. The normalized spacial score (nSPS) is 15.8. The Kier molecular flexibility index (Phi) is 4.59. The Morgan fingerprint density at radius 3 is 2.62 bits per heavy atom. The summed E-state index contributed by atoms with van der Waals surface area (Å²) in [5.74, 6) is 0. The molecule has 0 aromatic heterocycles. The van der Waals surface area contributed by atoms with E-state index in [1.165, 1.54) is 16.4 Å². The molecular formula is C13H17N3O4S. The van der Waals surface area contributed by atoms with Crippen molar-refractivity contribution in [2.24, 2.45) is 0 Å². The highest BCUT2D eigenvalue weighted by molar-refractivity contribution is 7.89. The van der Waals surface area contributed by atoms with E-state index in [2.05, 4.69) is 11.9 Å². The second kappa shape index (κ2) is 6.23. The van der Waals surface area contributed by atoms with Crippen molar-refractivity contribution in [3.05, 3.63) is 41.0 Å². The summed E-state index contributed by atoms with van der Waals surface area (Å²) < 4.78 is 26.2. The summed E-state index contributed by atoms with van der Waals surface area (Å²) in [6, 6.07) is 3.93. The van der Waals surface area contributed by atoms with Crippen LogP contribution in [0.2, 0.25) is 0 Å². The van der Waals surface area contributed by atoms with Gasteiger partial charge in [-0.3, -0.25) is 10.1 Å². The third-order valence-corrected chi connectivity index (χ3v) is 5.20. The van der Waals surface area contributed by atoms with Gasteiger partial charge in [0.2, 0.25) is 10.0 Å². The van der Waals surface area contributed by atoms with E-state index in [-0.39, 0.29) is 16.3 Å². The number of sulfonamides is 1. The topological polar surface area (TPSA) is 92.6 Å². The monoisotopic (exact) mass is 311 g/mol. The van der Waals surface area contributed by atoms with Crippen molar-refractivity contribution in [3.63, 3.8) is 0 Å². The molecule has 0 amide bonds. The zero-order valence-electron chi connectivity index (χ0n) is 11.5. The van der Waals surface area contributed by atoms with E-state index in [1.807, 2.05) is 0 Å². The van der Waals surface area contributed by atoms with Gasteiger partial charge < -0.3 is 5.32 Å². The second-order valence-corrected chi connectivity index (χ2v) is 6.65. The Morgan fingerprint density at radius 2 is 2.05 bits per heavy atom. The van der Waals surface area contributed by atoms with Crippen LogP contribution in [0.15, 0.2) is 35.7 Å². The van der Waals surface area contributed by atoms with Crippen molar-refractivity contribution in [2.45, 2.75) is 17.7 Å². The Labute approximate surface area is 123 Å². The van der Waals surface area contributed by atoms with E-state index in [0.717, 1.165) is 18.9 Å². The molecule has 7 nitrogen and oxygen atoms in total. The van der Waals surface area contributed by atoms with Gasteiger partial charge in [-0.15, -0.1) is 6.58 Å². The fraction of sp³-hybridized carbons (Fsp3) is 0.385. The van der Waals surface area contributed by atoms with E-state index >= 15 is 0 Å². The van der Waals surface area contributed by atoms with Gasteiger partial charge in [0.1, 0.15) is 5.69 Å². The maximum atomic E-state index is 12.4. The highest BCUT2D eigenvalue weighted by Gasteiger charge is 2.29. The number of nitro benzene ring substituents is 1. The zero-order valence-corrected chi connectivity index (χ0v) is 12.3. The molecular weight excluding hydrogens is 294 g/mol. The van der Waals surface area contributed by atoms with E-state index in [9.17, 15) is 18.5 Å². The highest BCUT2D eigenvalue weighted by Crippen LogP contribution is 2.29. The minimum Gasteiger partial charge on any atom is -0.376 e. The number of rotatable bonds is 6. The van der Waals surface area contributed by atoms with Crippen molar-refractivity contribution in [1.82, 2.24) is 4.31 Å². The summed E-state index contributed by atoms with van der Waals surface area (Å²) in [5.41, 5.74) is 0.0254. The van der Waals surface area contributed by atoms with Crippen LogP contribution >= 0.6 is 0 Å². The SMILES string of the molecule is C=CCNc1ccc(S(=O)(=O)N2CCCC2)cc1[N+](=O)[O-]. The molecule has 0 atom stereocenters. The molecule has 1 aromatic rings. The summed E-state index contributed by atoms with van der Waals surface area (Å²) in [7, 11) is -3.65. The zero-order chi connectivity index (χ0) is 15.5. The van der Waals surface area contributed by atoms with Gasteiger partial charge in [0.05, 0.1) is 9.82 Å². The summed E-state index contributed by atoms with van der Waals surface area (Å²) in [6.45, 7) is 4.81. The van der Waals surface area contributed by atoms with Gasteiger partial charge >= 0.3 is 0 Å². The lowest BCUT2D eigenvalue weighted by Crippen LogP contribution is -2.27. The van der Waals surface area contributed by atoms with Gasteiger partial charge in [0.25, 0.3) is 5.69 Å². The van der Waals surface area contributed by atoms with Crippen LogP contribution < -0.4 is 5.32 Å². The molecule has 1 aliphatic rings. The van der Waals surface area contributed by atoms with Crippen LogP contribution in [0.25, 0.3) is 0 Å². The Bertz CT molecular complexity index is 651. The largest absolute Gasteiger partial charge is 0.376 e. The molecule has 1 N–H and O–H groups in total. The maximum absolute atomic E-state index is 12.4. The predicted molar refractivity (Wildman–Crippen MR) is 79.8 cm³/mol. The Morgan fingerprint density at radius 1 is 1.38 bits per heavy atom. The van der Waals surface area contributed by atoms with E-state index in [4.69, 9.17) is 0 Å². The van der Waals surface area contributed by atoms with Crippen molar-refractivity contribution in [1.29, 1.82) is 0 Å². The van der Waals surface area contributed by atoms with Crippen LogP contribution in [0.4, 0.5) is 11.4 Å². The van der Waals surface area contributed by atoms with Crippen molar-refractivity contribution in [3.8, 4) is 0 Å². The van der Waals surface area contributed by atoms with Gasteiger partial charge in [0.15, 0.2) is 0 Å². The smallest absolute Gasteiger partial charge is 0.293 e. The average molecular weight is 311 g/mol. The summed E-state index contributed by atoms with van der Waals surface area (Å²) in [6.07, 6.45) is 3.21. The minimum atomic E-state index is -3.65. The lowest BCUT2D eigenvalue weighted by Gasteiger charge is -2.15. The van der Waals surface area contributed by atoms with Crippen molar-refractivity contribution in [2.75, 3.05) is 25.0 Å². The van der Waals surface area contributed by atoms with Crippen LogP contribution in [0.1, 0.15) is 12.8 Å². The Balaban J connectivity index is 2.39. The molecule has 8 heteroatoms. The van der Waals surface area contributed by atoms with Crippen molar-refractivity contribution < 1.29 is 13.3 Å². The molecule has 21 heavy (non-hydrogen) atoms. The molecule has 0 radical (unpaired) electrons. The third-order valence-electron chi connectivity index (χ3n) is 3.31. The van der Waals surface area contributed by atoms with Gasteiger partial charge in [-0.25, -0.2) is 8.42 Å². The summed E-state index contributed by atoms with van der Waals surface area (Å²) >= 11 is 0. The molecule has 0 spiro atoms. The molecule has 1 aromatic carbocycles. The first-order valence-corrected chi connectivity index (χ1v) is 8.04. The highest BCUT2D eigenvalue weighted by atomic mass is 32.2. The number of benzene rings is 1. The summed E-state index contributed by atoms with van der Waals surface area (Å²) in [4.78, 5) is 10.5. The van der Waals surface area contributed by atoms with E-state index in [0.29, 0.717) is 19.6 Å². The first kappa shape index (κ1) is 15.5. The van der Waals surface area contributed by atoms with Crippen LogP contribution in [0.3, 0.4) is 0 Å². The lowest BCUT2D eigenvalue weighted by molar-refractivity contribution is -0.384. The second-order valence-electron chi connectivity index (χ2n) is 4.72. The molecule has 2 rings (SSSR count). The maximum Gasteiger partial charge on any atom is 0.293 e. The molecule has 1 saturated heterocycles. The van der Waals surface area contributed by atoms with Crippen LogP contribution in [0.5, 0.6) is 0 Å².